The minimum Gasteiger partial charge on any atom is -0.465 e. The first-order valence-corrected chi connectivity index (χ1v) is 10.8. The summed E-state index contributed by atoms with van der Waals surface area (Å²) in [6.07, 6.45) is 2.53. The maximum absolute atomic E-state index is 13.2. The van der Waals surface area contributed by atoms with Gasteiger partial charge in [-0.3, -0.25) is 9.69 Å². The lowest BCUT2D eigenvalue weighted by atomic mass is 10.0. The molecule has 0 radical (unpaired) electrons. The fourth-order valence-corrected chi connectivity index (χ4v) is 3.52. The summed E-state index contributed by atoms with van der Waals surface area (Å²) in [4.78, 5) is 15.4. The first-order valence-electron chi connectivity index (χ1n) is 10.8. The van der Waals surface area contributed by atoms with Crippen molar-refractivity contribution >= 4 is 5.97 Å². The van der Waals surface area contributed by atoms with Crippen LogP contribution in [0.15, 0.2) is 91.0 Å². The van der Waals surface area contributed by atoms with Crippen LogP contribution < -0.4 is 0 Å². The van der Waals surface area contributed by atoms with Crippen molar-refractivity contribution in [2.45, 2.75) is 45.3 Å². The minimum atomic E-state index is -0.343. The average molecular weight is 402 g/mol. The molecule has 3 nitrogen and oxygen atoms in total. The first kappa shape index (κ1) is 21.8. The number of esters is 1. The number of carbonyl (C=O) groups is 1. The van der Waals surface area contributed by atoms with E-state index < -0.39 is 0 Å². The minimum absolute atomic E-state index is 0.140. The topological polar surface area (TPSA) is 29.5 Å². The van der Waals surface area contributed by atoms with Gasteiger partial charge in [0.25, 0.3) is 0 Å². The van der Waals surface area contributed by atoms with E-state index in [1.165, 1.54) is 11.1 Å². The lowest BCUT2D eigenvalue weighted by Gasteiger charge is -2.30. The molecule has 30 heavy (non-hydrogen) atoms. The molecule has 0 fully saturated rings. The average Bonchev–Trinajstić information content (AvgIpc) is 2.79. The maximum atomic E-state index is 13.2. The third kappa shape index (κ3) is 6.85. The summed E-state index contributed by atoms with van der Waals surface area (Å²) in [5.74, 6) is -0.140. The number of hydrogen-bond donors (Lipinski definition) is 0. The van der Waals surface area contributed by atoms with Gasteiger partial charge in [-0.15, -0.1) is 0 Å². The zero-order valence-corrected chi connectivity index (χ0v) is 17.7. The van der Waals surface area contributed by atoms with Crippen molar-refractivity contribution < 1.29 is 9.53 Å². The molecule has 1 unspecified atom stereocenters. The number of ether oxygens (including phenoxy) is 1. The van der Waals surface area contributed by atoms with E-state index in [1.807, 2.05) is 54.6 Å². The van der Waals surface area contributed by atoms with Crippen LogP contribution in [-0.4, -0.2) is 23.5 Å². The molecule has 3 aromatic rings. The third-order valence-electron chi connectivity index (χ3n) is 5.18. The summed E-state index contributed by atoms with van der Waals surface area (Å²) in [5.41, 5.74) is 3.52. The molecule has 3 heteroatoms. The highest BCUT2D eigenvalue weighted by molar-refractivity contribution is 5.76. The molecule has 0 N–H and O–H groups in total. The SMILES string of the molecule is CCCCOC(=O)C(Cc1ccccc1)N(Cc1ccccc1)Cc1ccccc1. The lowest BCUT2D eigenvalue weighted by Crippen LogP contribution is -2.43. The molecular formula is C27H31NO2. The Morgan fingerprint density at radius 2 is 1.23 bits per heavy atom. The van der Waals surface area contributed by atoms with E-state index in [2.05, 4.69) is 48.2 Å². The summed E-state index contributed by atoms with van der Waals surface area (Å²) >= 11 is 0. The van der Waals surface area contributed by atoms with Crippen molar-refractivity contribution in [1.82, 2.24) is 4.90 Å². The molecule has 0 amide bonds. The van der Waals surface area contributed by atoms with Crippen LogP contribution in [0.2, 0.25) is 0 Å². The molecule has 3 rings (SSSR count). The monoisotopic (exact) mass is 401 g/mol. The van der Waals surface area contributed by atoms with E-state index in [0.29, 0.717) is 26.1 Å². The van der Waals surface area contributed by atoms with E-state index >= 15 is 0 Å². The number of benzene rings is 3. The van der Waals surface area contributed by atoms with Crippen LogP contribution in [0.4, 0.5) is 0 Å². The summed E-state index contributed by atoms with van der Waals surface area (Å²) in [6, 6.07) is 30.5. The zero-order chi connectivity index (χ0) is 21.0. The standard InChI is InChI=1S/C27H31NO2/c1-2-3-19-30-27(29)26(20-23-13-7-4-8-14-23)28(21-24-15-9-5-10-16-24)22-25-17-11-6-12-18-25/h4-18,26H,2-3,19-22H2,1H3. The highest BCUT2D eigenvalue weighted by Crippen LogP contribution is 2.18. The molecule has 0 aromatic heterocycles. The Balaban J connectivity index is 1.87. The van der Waals surface area contributed by atoms with Crippen molar-refractivity contribution in [3.8, 4) is 0 Å². The number of nitrogens with zero attached hydrogens (tertiary/aromatic N) is 1. The van der Waals surface area contributed by atoms with Crippen LogP contribution in [0.3, 0.4) is 0 Å². The Hall–Kier alpha value is -2.91. The first-order chi connectivity index (χ1) is 14.8. The van der Waals surface area contributed by atoms with E-state index in [9.17, 15) is 4.79 Å². The van der Waals surface area contributed by atoms with Crippen LogP contribution in [0.1, 0.15) is 36.5 Å². The van der Waals surface area contributed by atoms with E-state index in [0.717, 1.165) is 18.4 Å². The Morgan fingerprint density at radius 3 is 1.70 bits per heavy atom. The molecule has 3 aromatic carbocycles. The second kappa shape index (κ2) is 11.9. The van der Waals surface area contributed by atoms with Crippen molar-refractivity contribution in [3.63, 3.8) is 0 Å². The molecule has 0 saturated heterocycles. The van der Waals surface area contributed by atoms with Gasteiger partial charge in [-0.05, 0) is 29.5 Å². The van der Waals surface area contributed by atoms with Crippen molar-refractivity contribution in [2.75, 3.05) is 6.61 Å². The zero-order valence-electron chi connectivity index (χ0n) is 17.7. The lowest BCUT2D eigenvalue weighted by molar-refractivity contribution is -0.150. The molecule has 0 aliphatic heterocycles. The van der Waals surface area contributed by atoms with Gasteiger partial charge in [0, 0.05) is 13.1 Å². The van der Waals surface area contributed by atoms with Crippen LogP contribution in [0.5, 0.6) is 0 Å². The summed E-state index contributed by atoms with van der Waals surface area (Å²) in [5, 5.41) is 0. The highest BCUT2D eigenvalue weighted by atomic mass is 16.5. The van der Waals surface area contributed by atoms with Crippen molar-refractivity contribution in [1.29, 1.82) is 0 Å². The fraction of sp³-hybridized carbons (Fsp3) is 0.296. The number of rotatable bonds is 11. The number of hydrogen-bond acceptors (Lipinski definition) is 3. The Kier molecular flexibility index (Phi) is 8.67. The molecule has 0 saturated carbocycles. The van der Waals surface area contributed by atoms with Crippen LogP contribution in [0, 0.1) is 0 Å². The Bertz CT molecular complexity index is 824. The van der Waals surface area contributed by atoms with Crippen LogP contribution >= 0.6 is 0 Å². The van der Waals surface area contributed by atoms with Gasteiger partial charge in [0.05, 0.1) is 6.61 Å². The van der Waals surface area contributed by atoms with E-state index in [-0.39, 0.29) is 12.0 Å². The fourth-order valence-electron chi connectivity index (χ4n) is 3.52. The molecule has 156 valence electrons. The summed E-state index contributed by atoms with van der Waals surface area (Å²) < 4.78 is 5.69. The van der Waals surface area contributed by atoms with Gasteiger partial charge in [0.15, 0.2) is 0 Å². The molecule has 0 bridgehead atoms. The maximum Gasteiger partial charge on any atom is 0.323 e. The third-order valence-corrected chi connectivity index (χ3v) is 5.18. The van der Waals surface area contributed by atoms with Gasteiger partial charge in [0.2, 0.25) is 0 Å². The van der Waals surface area contributed by atoms with Crippen molar-refractivity contribution in [3.05, 3.63) is 108 Å². The predicted octanol–water partition coefficient (Wildman–Crippen LogP) is 5.64. The molecule has 0 heterocycles. The number of carbonyl (C=O) groups excluding carboxylic acids is 1. The Labute approximate surface area is 180 Å². The van der Waals surface area contributed by atoms with Gasteiger partial charge in [-0.2, -0.15) is 0 Å². The van der Waals surface area contributed by atoms with E-state index in [4.69, 9.17) is 4.74 Å². The van der Waals surface area contributed by atoms with Gasteiger partial charge in [-0.1, -0.05) is 104 Å². The number of unbranched alkanes of at least 4 members (excludes halogenated alkanes) is 1. The van der Waals surface area contributed by atoms with Gasteiger partial charge >= 0.3 is 5.97 Å². The summed E-state index contributed by atoms with van der Waals surface area (Å²) in [6.45, 7) is 3.96. The van der Waals surface area contributed by atoms with Gasteiger partial charge in [0.1, 0.15) is 6.04 Å². The highest BCUT2D eigenvalue weighted by Gasteiger charge is 2.28. The predicted molar refractivity (Wildman–Crippen MR) is 122 cm³/mol. The smallest absolute Gasteiger partial charge is 0.323 e. The second-order valence-electron chi connectivity index (χ2n) is 7.60. The Morgan fingerprint density at radius 1 is 0.767 bits per heavy atom. The normalized spacial score (nSPS) is 11.9. The van der Waals surface area contributed by atoms with E-state index in [1.54, 1.807) is 0 Å². The molecule has 0 aliphatic carbocycles. The second-order valence-corrected chi connectivity index (χ2v) is 7.60. The van der Waals surface area contributed by atoms with Gasteiger partial charge in [-0.25, -0.2) is 0 Å². The molecule has 1 atom stereocenters. The van der Waals surface area contributed by atoms with Crippen molar-refractivity contribution in [2.24, 2.45) is 0 Å². The van der Waals surface area contributed by atoms with Crippen LogP contribution in [0.25, 0.3) is 0 Å². The molecular weight excluding hydrogens is 370 g/mol. The van der Waals surface area contributed by atoms with Gasteiger partial charge < -0.3 is 4.74 Å². The molecule has 0 aliphatic rings. The largest absolute Gasteiger partial charge is 0.465 e. The summed E-state index contributed by atoms with van der Waals surface area (Å²) in [7, 11) is 0. The quantitative estimate of drug-likeness (QED) is 0.307. The van der Waals surface area contributed by atoms with Crippen LogP contribution in [-0.2, 0) is 29.0 Å². The molecule has 0 spiro atoms.